The maximum Gasteiger partial charge on any atom is 0.233 e. The number of aryl methyl sites for hydroxylation is 1. The van der Waals surface area contributed by atoms with Gasteiger partial charge in [0.05, 0.1) is 4.88 Å². The highest BCUT2D eigenvalue weighted by atomic mass is 32.1. The third-order valence-corrected chi connectivity index (χ3v) is 3.45. The lowest BCUT2D eigenvalue weighted by atomic mass is 10.3. The van der Waals surface area contributed by atoms with Crippen molar-refractivity contribution < 1.29 is 4.79 Å². The molecule has 2 rings (SSSR count). The number of thiophene rings is 1. The summed E-state index contributed by atoms with van der Waals surface area (Å²) in [6.07, 6.45) is 0. The van der Waals surface area contributed by atoms with Gasteiger partial charge in [-0.3, -0.25) is 10.2 Å². The molecule has 6 heteroatoms. The van der Waals surface area contributed by atoms with Gasteiger partial charge in [0.25, 0.3) is 0 Å². The van der Waals surface area contributed by atoms with E-state index in [2.05, 4.69) is 5.10 Å². The molecule has 1 N–H and O–H groups in total. The third-order valence-electron chi connectivity index (χ3n) is 1.67. The summed E-state index contributed by atoms with van der Waals surface area (Å²) in [4.78, 5) is 12.7. The number of carbonyl (C=O) groups excluding carboxylic acids is 1. The molecule has 2 heterocycles. The topological polar surface area (TPSA) is 58.7 Å². The fourth-order valence-corrected chi connectivity index (χ4v) is 2.42. The molecule has 0 radical (unpaired) electrons. The van der Waals surface area contributed by atoms with Gasteiger partial charge in [0.1, 0.15) is 0 Å². The summed E-state index contributed by atoms with van der Waals surface area (Å²) >= 11 is 2.48. The van der Waals surface area contributed by atoms with Crippen molar-refractivity contribution >= 4 is 28.5 Å². The Balaban J connectivity index is 2.42. The largest absolute Gasteiger partial charge is 0.285 e. The lowest BCUT2D eigenvalue weighted by molar-refractivity contribution is 0.104. The van der Waals surface area contributed by atoms with Crippen molar-refractivity contribution in [2.24, 2.45) is 7.05 Å². The first kappa shape index (κ1) is 9.29. The van der Waals surface area contributed by atoms with Crippen LogP contribution in [0.25, 0.3) is 0 Å². The standard InChI is InChI=1S/C8H7N3OS2/c1-11-8(9)14-7(10-11)6(12)5-3-2-4-13-5/h2-4,9H,1H3. The number of hydrogen-bond donors (Lipinski definition) is 1. The second-order valence-corrected chi connectivity index (χ2v) is 4.57. The predicted octanol–water partition coefficient (Wildman–Crippen LogP) is 1.25. The number of carbonyl (C=O) groups is 1. The Morgan fingerprint density at radius 3 is 2.93 bits per heavy atom. The average Bonchev–Trinajstić information content (AvgIpc) is 2.76. The molecule has 0 saturated carbocycles. The van der Waals surface area contributed by atoms with Crippen molar-refractivity contribution in [1.29, 1.82) is 5.41 Å². The normalized spacial score (nSPS) is 10.4. The molecule has 0 unspecified atom stereocenters. The smallest absolute Gasteiger partial charge is 0.233 e. The zero-order valence-electron chi connectivity index (χ0n) is 7.35. The fraction of sp³-hybridized carbons (Fsp3) is 0.125. The van der Waals surface area contributed by atoms with Crippen molar-refractivity contribution in [3.05, 3.63) is 32.2 Å². The van der Waals surface area contributed by atoms with Crippen LogP contribution in [-0.4, -0.2) is 15.6 Å². The van der Waals surface area contributed by atoms with Crippen molar-refractivity contribution in [2.45, 2.75) is 0 Å². The van der Waals surface area contributed by atoms with E-state index in [-0.39, 0.29) is 10.6 Å². The number of nitrogens with one attached hydrogen (secondary N) is 1. The van der Waals surface area contributed by atoms with Gasteiger partial charge in [0.15, 0.2) is 9.81 Å². The van der Waals surface area contributed by atoms with E-state index in [1.807, 2.05) is 11.4 Å². The molecule has 2 aromatic heterocycles. The molecule has 0 aromatic carbocycles. The van der Waals surface area contributed by atoms with E-state index < -0.39 is 0 Å². The van der Waals surface area contributed by atoms with Crippen LogP contribution in [0.4, 0.5) is 0 Å². The molecule has 0 atom stereocenters. The molecule has 0 aliphatic rings. The second kappa shape index (κ2) is 3.47. The number of hydrogen-bond acceptors (Lipinski definition) is 5. The van der Waals surface area contributed by atoms with Crippen molar-refractivity contribution in [2.75, 3.05) is 0 Å². The van der Waals surface area contributed by atoms with E-state index in [9.17, 15) is 4.79 Å². The van der Waals surface area contributed by atoms with E-state index in [1.165, 1.54) is 16.0 Å². The van der Waals surface area contributed by atoms with Crippen molar-refractivity contribution in [1.82, 2.24) is 9.78 Å². The van der Waals surface area contributed by atoms with Crippen LogP contribution in [0.1, 0.15) is 14.7 Å². The number of ketones is 1. The minimum Gasteiger partial charge on any atom is -0.285 e. The zero-order valence-corrected chi connectivity index (χ0v) is 8.98. The molecule has 2 aromatic rings. The molecular weight excluding hydrogens is 218 g/mol. The first-order valence-electron chi connectivity index (χ1n) is 3.85. The van der Waals surface area contributed by atoms with Crippen LogP contribution in [0.2, 0.25) is 0 Å². The van der Waals surface area contributed by atoms with Crippen LogP contribution in [-0.2, 0) is 7.05 Å². The molecule has 0 saturated heterocycles. The molecule has 0 amide bonds. The maximum absolute atomic E-state index is 11.7. The molecule has 14 heavy (non-hydrogen) atoms. The van der Waals surface area contributed by atoms with Crippen LogP contribution in [0.3, 0.4) is 0 Å². The molecular formula is C8H7N3OS2. The molecule has 0 aliphatic carbocycles. The molecule has 0 aliphatic heterocycles. The summed E-state index contributed by atoms with van der Waals surface area (Å²) < 4.78 is 1.39. The van der Waals surface area contributed by atoms with Gasteiger partial charge >= 0.3 is 0 Å². The molecule has 72 valence electrons. The summed E-state index contributed by atoms with van der Waals surface area (Å²) in [7, 11) is 1.66. The number of nitrogens with zero attached hydrogens (tertiary/aromatic N) is 2. The first-order chi connectivity index (χ1) is 6.68. The van der Waals surface area contributed by atoms with E-state index in [4.69, 9.17) is 5.41 Å². The van der Waals surface area contributed by atoms with Crippen LogP contribution < -0.4 is 4.80 Å². The maximum atomic E-state index is 11.7. The minimum absolute atomic E-state index is 0.0981. The van der Waals surface area contributed by atoms with E-state index in [0.717, 1.165) is 11.3 Å². The number of aromatic nitrogens is 2. The zero-order chi connectivity index (χ0) is 10.1. The van der Waals surface area contributed by atoms with Gasteiger partial charge in [0, 0.05) is 7.05 Å². The Bertz CT molecular complexity index is 509. The molecule has 0 spiro atoms. The summed E-state index contributed by atoms with van der Waals surface area (Å²) in [5.74, 6) is -0.0981. The van der Waals surface area contributed by atoms with Crippen LogP contribution in [0.5, 0.6) is 0 Å². The third kappa shape index (κ3) is 1.53. The molecule has 0 fully saturated rings. The highest BCUT2D eigenvalue weighted by Gasteiger charge is 2.14. The van der Waals surface area contributed by atoms with Gasteiger partial charge in [-0.05, 0) is 11.4 Å². The Labute approximate surface area is 88.0 Å². The van der Waals surface area contributed by atoms with Gasteiger partial charge in [-0.1, -0.05) is 17.4 Å². The highest BCUT2D eigenvalue weighted by Crippen LogP contribution is 2.14. The average molecular weight is 225 g/mol. The summed E-state index contributed by atoms with van der Waals surface area (Å²) in [5, 5.41) is 13.6. The fourth-order valence-electron chi connectivity index (χ4n) is 0.965. The summed E-state index contributed by atoms with van der Waals surface area (Å²) in [6.45, 7) is 0. The van der Waals surface area contributed by atoms with E-state index in [1.54, 1.807) is 13.1 Å². The Morgan fingerprint density at radius 1 is 1.64 bits per heavy atom. The van der Waals surface area contributed by atoms with E-state index in [0.29, 0.717) is 9.88 Å². The summed E-state index contributed by atoms with van der Waals surface area (Å²) in [6, 6.07) is 3.59. The monoisotopic (exact) mass is 225 g/mol. The predicted molar refractivity (Wildman–Crippen MR) is 54.7 cm³/mol. The second-order valence-electron chi connectivity index (χ2n) is 2.64. The number of rotatable bonds is 2. The summed E-state index contributed by atoms with van der Waals surface area (Å²) in [5.41, 5.74) is 0. The Hall–Kier alpha value is -1.27. The molecule has 4 nitrogen and oxygen atoms in total. The van der Waals surface area contributed by atoms with Crippen LogP contribution in [0, 0.1) is 5.41 Å². The Morgan fingerprint density at radius 2 is 2.43 bits per heavy atom. The highest BCUT2D eigenvalue weighted by molar-refractivity contribution is 7.15. The minimum atomic E-state index is -0.0981. The van der Waals surface area contributed by atoms with E-state index >= 15 is 0 Å². The molecule has 0 bridgehead atoms. The van der Waals surface area contributed by atoms with Gasteiger partial charge in [-0.15, -0.1) is 11.3 Å². The lowest BCUT2D eigenvalue weighted by Gasteiger charge is -1.88. The van der Waals surface area contributed by atoms with Crippen molar-refractivity contribution in [3.8, 4) is 0 Å². The Kier molecular flexibility index (Phi) is 2.30. The SMILES string of the molecule is Cn1nc(C(=O)c2cccs2)sc1=N. The van der Waals surface area contributed by atoms with Gasteiger partial charge in [-0.2, -0.15) is 5.10 Å². The first-order valence-corrected chi connectivity index (χ1v) is 5.55. The van der Waals surface area contributed by atoms with Gasteiger partial charge in [-0.25, -0.2) is 4.68 Å². The van der Waals surface area contributed by atoms with Crippen LogP contribution in [0.15, 0.2) is 17.5 Å². The van der Waals surface area contributed by atoms with Gasteiger partial charge < -0.3 is 0 Å². The van der Waals surface area contributed by atoms with Crippen molar-refractivity contribution in [3.63, 3.8) is 0 Å². The quantitative estimate of drug-likeness (QED) is 0.782. The van der Waals surface area contributed by atoms with Crippen LogP contribution >= 0.6 is 22.7 Å². The lowest BCUT2D eigenvalue weighted by Crippen LogP contribution is -2.09. The van der Waals surface area contributed by atoms with Gasteiger partial charge in [0.2, 0.25) is 5.78 Å².